The fourth-order valence-corrected chi connectivity index (χ4v) is 0. The Bertz CT molecular complexity index is 8.00. The first-order valence-electron chi connectivity index (χ1n) is 0.123. The summed E-state index contributed by atoms with van der Waals surface area (Å²) in [5.74, 6) is 0. The molecule has 0 rings (SSSR count). The molecule has 0 aliphatic rings. The van der Waals surface area contributed by atoms with Gasteiger partial charge in [-0.1, -0.05) is 0 Å². The number of hydrogen-bond acceptors (Lipinski definition) is 1. The van der Waals surface area contributed by atoms with Crippen molar-refractivity contribution in [3.63, 3.8) is 0 Å². The van der Waals surface area contributed by atoms with E-state index in [1.54, 1.807) is 0 Å². The molecule has 0 bridgehead atoms. The Kier molecular flexibility index (Phi) is 111. The Morgan fingerprint density at radius 3 is 1.25 bits per heavy atom. The summed E-state index contributed by atoms with van der Waals surface area (Å²) in [5, 5.41) is 0. The van der Waals surface area contributed by atoms with E-state index in [0.29, 0.717) is 0 Å². The van der Waals surface area contributed by atoms with E-state index < -0.39 is 0 Å². The summed E-state index contributed by atoms with van der Waals surface area (Å²) in [6, 6.07) is 0. The summed E-state index contributed by atoms with van der Waals surface area (Å²) in [5.41, 5.74) is 0. The van der Waals surface area contributed by atoms with Crippen LogP contribution in [-0.4, -0.2) is 0 Å². The van der Waals surface area contributed by atoms with Crippen LogP contribution in [0, 0.1) is 0 Å². The first kappa shape index (κ1) is 17.9. The van der Waals surface area contributed by atoms with Gasteiger partial charge in [0.15, 0.2) is 0 Å². The normalized spacial score (nSPS) is 1.50. The number of rotatable bonds is 0. The molecule has 0 N–H and O–H groups in total. The standard InChI is InChI=1S/Cr.Cu.O.Zn. The molecule has 0 saturated carbocycles. The van der Waals surface area contributed by atoms with Crippen LogP contribution >= 0.6 is 0 Å². The molecule has 25 valence electrons. The summed E-state index contributed by atoms with van der Waals surface area (Å²) < 4.78 is 7.81. The fraction of sp³-hybridized carbons (Fsp3) is 0. The summed E-state index contributed by atoms with van der Waals surface area (Å²) >= 11 is 2.94. The topological polar surface area (TPSA) is 17.1 Å². The molecule has 0 heterocycles. The zero-order valence-electron chi connectivity index (χ0n) is 1.83. The minimum absolute atomic E-state index is 0. The van der Waals surface area contributed by atoms with Crippen molar-refractivity contribution in [2.24, 2.45) is 0 Å². The molecule has 0 amide bonds. The molecule has 0 aliphatic carbocycles. The Morgan fingerprint density at radius 1 is 1.25 bits per heavy atom. The van der Waals surface area contributed by atoms with E-state index in [-0.39, 0.29) is 36.8 Å². The zero-order chi connectivity index (χ0) is 2.00. The van der Waals surface area contributed by atoms with Crippen molar-refractivity contribution in [2.75, 3.05) is 0 Å². The molecule has 0 atom stereocenters. The predicted octanol–water partition coefficient (Wildman–Crippen LogP) is -0.126. The van der Waals surface area contributed by atoms with Gasteiger partial charge in [0.2, 0.25) is 0 Å². The van der Waals surface area contributed by atoms with Crippen LogP contribution in [0.5, 0.6) is 0 Å². The molecule has 0 aromatic heterocycles. The average Bonchev–Trinajstić information content (AvgIpc) is 1.00. The Hall–Kier alpha value is 1.48. The summed E-state index contributed by atoms with van der Waals surface area (Å²) in [6.07, 6.45) is 0. The monoisotopic (exact) mass is 195 g/mol. The van der Waals surface area contributed by atoms with Crippen molar-refractivity contribution < 1.29 is 56.6 Å². The predicted molar refractivity (Wildman–Crippen MR) is 0.686 cm³/mol. The molecule has 1 nitrogen and oxygen atoms in total. The van der Waals surface area contributed by atoms with Crippen LogP contribution in [0.4, 0.5) is 0 Å². The van der Waals surface area contributed by atoms with Gasteiger partial charge in [-0.25, -0.2) is 0 Å². The first-order chi connectivity index (χ1) is 1.00. The molecule has 0 radical (unpaired) electrons. The molecule has 0 unspecified atom stereocenters. The van der Waals surface area contributed by atoms with Gasteiger partial charge >= 0.3 is 19.8 Å². The van der Waals surface area contributed by atoms with Crippen molar-refractivity contribution in [3.05, 3.63) is 0 Å². The van der Waals surface area contributed by atoms with Crippen LogP contribution < -0.4 is 0 Å². The third kappa shape index (κ3) is 9.78. The van der Waals surface area contributed by atoms with Gasteiger partial charge in [0, 0.05) is 36.8 Å². The number of hydrogen-bond donors (Lipinski definition) is 0. The third-order valence-electron chi connectivity index (χ3n) is 0. The third-order valence-corrected chi connectivity index (χ3v) is 0. The summed E-state index contributed by atoms with van der Waals surface area (Å²) in [4.78, 5) is 0. The maximum Gasteiger partial charge on any atom is 0 e. The van der Waals surface area contributed by atoms with E-state index in [9.17, 15) is 0 Å². The molecule has 4 heavy (non-hydrogen) atoms. The molecular weight excluding hydrogens is 197 g/mol. The molecule has 0 aromatic carbocycles. The van der Waals surface area contributed by atoms with Crippen molar-refractivity contribution in [1.29, 1.82) is 0 Å². The molecule has 4 heteroatoms. The van der Waals surface area contributed by atoms with E-state index in [4.69, 9.17) is 3.83 Å². The van der Waals surface area contributed by atoms with Gasteiger partial charge in [-0.15, -0.1) is 0 Å². The van der Waals surface area contributed by atoms with Gasteiger partial charge in [0.1, 0.15) is 0 Å². The molecular formula is CrCuOZn. The second-order valence-corrected chi connectivity index (χ2v) is 0. The van der Waals surface area contributed by atoms with Gasteiger partial charge in [-0.05, 0) is 0 Å². The van der Waals surface area contributed by atoms with Gasteiger partial charge in [0.05, 0.1) is 0 Å². The van der Waals surface area contributed by atoms with Gasteiger partial charge < -0.3 is 0 Å². The summed E-state index contributed by atoms with van der Waals surface area (Å²) in [6.45, 7) is 0. The van der Waals surface area contributed by atoms with E-state index in [1.807, 2.05) is 0 Å². The van der Waals surface area contributed by atoms with Gasteiger partial charge in [-0.3, -0.25) is 0 Å². The van der Waals surface area contributed by atoms with E-state index in [0.717, 1.165) is 0 Å². The molecule has 0 aliphatic heterocycles. The summed E-state index contributed by atoms with van der Waals surface area (Å²) in [7, 11) is 0. The molecule has 0 aromatic rings. The second kappa shape index (κ2) is 24.8. The van der Waals surface area contributed by atoms with Crippen molar-refractivity contribution in [2.45, 2.75) is 0 Å². The Morgan fingerprint density at radius 2 is 1.25 bits per heavy atom. The Labute approximate surface area is 56.4 Å². The van der Waals surface area contributed by atoms with Crippen LogP contribution in [0.15, 0.2) is 0 Å². The average molecular weight is 197 g/mol. The van der Waals surface area contributed by atoms with Crippen LogP contribution in [0.2, 0.25) is 0 Å². The minimum atomic E-state index is 0. The smallest absolute Gasteiger partial charge is 0 e. The second-order valence-electron chi connectivity index (χ2n) is 0. The van der Waals surface area contributed by atoms with Crippen molar-refractivity contribution in [3.8, 4) is 0 Å². The maximum absolute atomic E-state index is 7.81. The van der Waals surface area contributed by atoms with Crippen LogP contribution in [0.3, 0.4) is 0 Å². The fourth-order valence-electron chi connectivity index (χ4n) is 0. The van der Waals surface area contributed by atoms with E-state index in [2.05, 4.69) is 15.9 Å². The van der Waals surface area contributed by atoms with Crippen molar-refractivity contribution in [1.82, 2.24) is 0 Å². The van der Waals surface area contributed by atoms with Crippen LogP contribution in [-0.2, 0) is 56.6 Å². The quantitative estimate of drug-likeness (QED) is 0.494. The Balaban J connectivity index is -0.00000000500. The van der Waals surface area contributed by atoms with Crippen LogP contribution in [0.25, 0.3) is 0 Å². The SMILES string of the molecule is [Cr].[O]=[Cu].[Zn]. The van der Waals surface area contributed by atoms with Gasteiger partial charge in [-0.2, -0.15) is 0 Å². The first-order valence-corrected chi connectivity index (χ1v) is 0.508. The van der Waals surface area contributed by atoms with Gasteiger partial charge in [0.25, 0.3) is 0 Å². The van der Waals surface area contributed by atoms with E-state index in [1.165, 1.54) is 0 Å². The van der Waals surface area contributed by atoms with Crippen molar-refractivity contribution >= 4 is 0 Å². The molecule has 0 spiro atoms. The van der Waals surface area contributed by atoms with E-state index >= 15 is 0 Å². The molecule has 0 fully saturated rings. The zero-order valence-corrected chi connectivity index (χ0v) is 7.01. The minimum Gasteiger partial charge on any atom is 0 e. The largest absolute Gasteiger partial charge is 0 e. The maximum atomic E-state index is 7.81. The molecule has 0 saturated heterocycles. The van der Waals surface area contributed by atoms with Crippen LogP contribution in [0.1, 0.15) is 0 Å².